The minimum atomic E-state index is -0.394. The maximum absolute atomic E-state index is 9.28. The van der Waals surface area contributed by atoms with Gasteiger partial charge in [-0.25, -0.2) is 0 Å². The summed E-state index contributed by atoms with van der Waals surface area (Å²) in [5, 5.41) is 21.3. The molecule has 0 saturated heterocycles. The number of aliphatic hydroxyl groups is 2. The second-order valence-electron chi connectivity index (χ2n) is 4.09. The molecule has 0 aliphatic heterocycles. The average molecular weight is 187 g/mol. The predicted molar refractivity (Wildman–Crippen MR) is 52.3 cm³/mol. The van der Waals surface area contributed by atoms with Crippen LogP contribution in [0.1, 0.15) is 39.0 Å². The topological polar surface area (TPSA) is 52.5 Å². The van der Waals surface area contributed by atoms with E-state index < -0.39 is 6.23 Å². The first-order valence-corrected chi connectivity index (χ1v) is 5.28. The van der Waals surface area contributed by atoms with Crippen LogP contribution in [0.15, 0.2) is 0 Å². The van der Waals surface area contributed by atoms with E-state index in [2.05, 4.69) is 5.32 Å². The lowest BCUT2D eigenvalue weighted by molar-refractivity contribution is 0.103. The molecule has 0 heterocycles. The fourth-order valence-corrected chi connectivity index (χ4v) is 1.93. The second-order valence-corrected chi connectivity index (χ2v) is 4.09. The van der Waals surface area contributed by atoms with E-state index in [4.69, 9.17) is 5.11 Å². The molecule has 1 unspecified atom stereocenters. The Labute approximate surface area is 80.2 Å². The van der Waals surface area contributed by atoms with Crippen LogP contribution in [0.4, 0.5) is 0 Å². The first-order valence-electron chi connectivity index (χ1n) is 5.28. The van der Waals surface area contributed by atoms with Gasteiger partial charge in [0.2, 0.25) is 0 Å². The summed E-state index contributed by atoms with van der Waals surface area (Å²) in [5.74, 6) is 0.745. The zero-order chi connectivity index (χ0) is 9.68. The molecule has 1 atom stereocenters. The van der Waals surface area contributed by atoms with Crippen LogP contribution in [0, 0.1) is 5.92 Å². The highest BCUT2D eigenvalue weighted by Gasteiger charge is 2.18. The molecule has 0 bridgehead atoms. The Kier molecular flexibility index (Phi) is 4.70. The second kappa shape index (κ2) is 5.58. The summed E-state index contributed by atoms with van der Waals surface area (Å²) in [6.45, 7) is 2.63. The molecule has 0 aromatic heterocycles. The third-order valence-corrected chi connectivity index (χ3v) is 2.81. The van der Waals surface area contributed by atoms with Crippen LogP contribution in [0.3, 0.4) is 0 Å². The van der Waals surface area contributed by atoms with Crippen molar-refractivity contribution in [3.63, 3.8) is 0 Å². The molecular formula is C10H21NO2. The Morgan fingerprint density at radius 1 is 1.31 bits per heavy atom. The molecular weight excluding hydrogens is 166 g/mol. The first kappa shape index (κ1) is 11.0. The van der Waals surface area contributed by atoms with E-state index >= 15 is 0 Å². The van der Waals surface area contributed by atoms with E-state index in [1.807, 2.05) is 0 Å². The molecule has 0 radical (unpaired) electrons. The molecule has 3 nitrogen and oxygen atoms in total. The fraction of sp³-hybridized carbons (Fsp3) is 1.00. The smallest absolute Gasteiger partial charge is 0.102 e. The highest BCUT2D eigenvalue weighted by molar-refractivity contribution is 4.72. The number of nitrogens with one attached hydrogen (secondary N) is 1. The van der Waals surface area contributed by atoms with Crippen LogP contribution < -0.4 is 5.32 Å². The molecule has 78 valence electrons. The Bertz CT molecular complexity index is 131. The van der Waals surface area contributed by atoms with E-state index in [1.165, 1.54) is 0 Å². The van der Waals surface area contributed by atoms with Crippen molar-refractivity contribution in [2.75, 3.05) is 6.54 Å². The van der Waals surface area contributed by atoms with Gasteiger partial charge in [0.15, 0.2) is 0 Å². The van der Waals surface area contributed by atoms with Gasteiger partial charge in [0.25, 0.3) is 0 Å². The Morgan fingerprint density at radius 2 is 1.92 bits per heavy atom. The molecule has 0 aromatic rings. The molecule has 3 N–H and O–H groups in total. The summed E-state index contributed by atoms with van der Waals surface area (Å²) in [7, 11) is 0. The molecule has 1 aliphatic carbocycles. The fourth-order valence-electron chi connectivity index (χ4n) is 1.93. The van der Waals surface area contributed by atoms with Crippen LogP contribution in [0.2, 0.25) is 0 Å². The summed E-state index contributed by atoms with van der Waals surface area (Å²) in [6.07, 6.45) is 4.87. The van der Waals surface area contributed by atoms with Gasteiger partial charge in [0.05, 0.1) is 6.10 Å². The summed E-state index contributed by atoms with van der Waals surface area (Å²) in [6, 6.07) is 0. The van der Waals surface area contributed by atoms with Crippen molar-refractivity contribution >= 4 is 0 Å². The minimum Gasteiger partial charge on any atom is -0.393 e. The van der Waals surface area contributed by atoms with Crippen molar-refractivity contribution < 1.29 is 10.2 Å². The quantitative estimate of drug-likeness (QED) is 0.572. The summed E-state index contributed by atoms with van der Waals surface area (Å²) < 4.78 is 0. The largest absolute Gasteiger partial charge is 0.393 e. The number of hydrogen-bond donors (Lipinski definition) is 3. The van der Waals surface area contributed by atoms with E-state index in [0.717, 1.165) is 44.6 Å². The zero-order valence-electron chi connectivity index (χ0n) is 8.37. The van der Waals surface area contributed by atoms with Crippen LogP contribution in [-0.2, 0) is 0 Å². The maximum Gasteiger partial charge on any atom is 0.102 e. The lowest BCUT2D eigenvalue weighted by Crippen LogP contribution is -2.28. The number of aliphatic hydroxyl groups excluding tert-OH is 2. The van der Waals surface area contributed by atoms with E-state index in [9.17, 15) is 5.11 Å². The van der Waals surface area contributed by atoms with Crippen LogP contribution in [-0.4, -0.2) is 29.1 Å². The van der Waals surface area contributed by atoms with E-state index in [0.29, 0.717) is 0 Å². The van der Waals surface area contributed by atoms with Crippen LogP contribution in [0.5, 0.6) is 0 Å². The van der Waals surface area contributed by atoms with Crippen LogP contribution in [0.25, 0.3) is 0 Å². The Hall–Kier alpha value is -0.120. The van der Waals surface area contributed by atoms with Gasteiger partial charge in [0.1, 0.15) is 6.23 Å². The predicted octanol–water partition coefficient (Wildman–Crippen LogP) is 0.855. The number of hydrogen-bond acceptors (Lipinski definition) is 3. The SMILES string of the molecule is CC(O)NCCC1CCC(O)CC1. The molecule has 1 fully saturated rings. The van der Waals surface area contributed by atoms with Gasteiger partial charge in [-0.15, -0.1) is 0 Å². The monoisotopic (exact) mass is 187 g/mol. The van der Waals surface area contributed by atoms with Gasteiger partial charge in [-0.1, -0.05) is 0 Å². The van der Waals surface area contributed by atoms with Gasteiger partial charge < -0.3 is 10.2 Å². The number of rotatable bonds is 4. The first-order chi connectivity index (χ1) is 6.18. The van der Waals surface area contributed by atoms with Gasteiger partial charge in [0, 0.05) is 0 Å². The van der Waals surface area contributed by atoms with Crippen molar-refractivity contribution in [1.82, 2.24) is 5.32 Å². The highest BCUT2D eigenvalue weighted by Crippen LogP contribution is 2.26. The molecule has 13 heavy (non-hydrogen) atoms. The van der Waals surface area contributed by atoms with Crippen LogP contribution >= 0.6 is 0 Å². The van der Waals surface area contributed by atoms with Gasteiger partial charge in [-0.2, -0.15) is 0 Å². The van der Waals surface area contributed by atoms with Gasteiger partial charge in [-0.05, 0) is 51.5 Å². The third kappa shape index (κ3) is 4.60. The van der Waals surface area contributed by atoms with Crippen molar-refractivity contribution in [2.45, 2.75) is 51.4 Å². The van der Waals surface area contributed by atoms with Gasteiger partial charge >= 0.3 is 0 Å². The summed E-state index contributed by atoms with van der Waals surface area (Å²) >= 11 is 0. The molecule has 1 saturated carbocycles. The average Bonchev–Trinajstić information content (AvgIpc) is 2.08. The normalized spacial score (nSPS) is 31.6. The van der Waals surface area contributed by atoms with E-state index in [-0.39, 0.29) is 6.10 Å². The molecule has 3 heteroatoms. The Balaban J connectivity index is 2.02. The summed E-state index contributed by atoms with van der Waals surface area (Å²) in [5.41, 5.74) is 0. The van der Waals surface area contributed by atoms with Gasteiger partial charge in [-0.3, -0.25) is 5.32 Å². The van der Waals surface area contributed by atoms with Crippen molar-refractivity contribution in [2.24, 2.45) is 5.92 Å². The van der Waals surface area contributed by atoms with E-state index in [1.54, 1.807) is 6.92 Å². The minimum absolute atomic E-state index is 0.0547. The lowest BCUT2D eigenvalue weighted by Gasteiger charge is -2.25. The molecule has 0 aromatic carbocycles. The molecule has 0 spiro atoms. The standard InChI is InChI=1S/C10H21NO2/c1-8(12)11-7-6-9-2-4-10(13)5-3-9/h8-13H,2-7H2,1H3. The molecule has 1 rings (SSSR count). The summed E-state index contributed by atoms with van der Waals surface area (Å²) in [4.78, 5) is 0. The maximum atomic E-state index is 9.28. The van der Waals surface area contributed by atoms with Crippen molar-refractivity contribution in [1.29, 1.82) is 0 Å². The Morgan fingerprint density at radius 3 is 2.46 bits per heavy atom. The highest BCUT2D eigenvalue weighted by atomic mass is 16.3. The lowest BCUT2D eigenvalue weighted by atomic mass is 9.85. The van der Waals surface area contributed by atoms with Crippen molar-refractivity contribution in [3.8, 4) is 0 Å². The molecule has 0 amide bonds. The van der Waals surface area contributed by atoms with Crippen molar-refractivity contribution in [3.05, 3.63) is 0 Å². The molecule has 1 aliphatic rings. The third-order valence-electron chi connectivity index (χ3n) is 2.81. The zero-order valence-corrected chi connectivity index (χ0v) is 8.37.